The molecule has 4 nitrogen and oxygen atoms in total. The van der Waals surface area contributed by atoms with Crippen LogP contribution in [-0.4, -0.2) is 19.0 Å². The van der Waals surface area contributed by atoms with Crippen LogP contribution >= 0.6 is 0 Å². The number of carbonyl (C=O) groups excluding carboxylic acids is 1. The second-order valence-electron chi connectivity index (χ2n) is 3.79. The zero-order valence-corrected chi connectivity index (χ0v) is 9.84. The van der Waals surface area contributed by atoms with E-state index in [-0.39, 0.29) is 12.5 Å². The quantitative estimate of drug-likeness (QED) is 0.660. The summed E-state index contributed by atoms with van der Waals surface area (Å²) in [6.07, 6.45) is 0.943. The van der Waals surface area contributed by atoms with Gasteiger partial charge in [-0.3, -0.25) is 4.79 Å². The second kappa shape index (κ2) is 6.00. The molecule has 4 heteroatoms. The fraction of sp³-hybridized carbons (Fsp3) is 0.417. The van der Waals surface area contributed by atoms with Gasteiger partial charge in [-0.25, -0.2) is 0 Å². The molecule has 0 atom stereocenters. The van der Waals surface area contributed by atoms with Gasteiger partial charge in [0.1, 0.15) is 0 Å². The molecule has 0 saturated heterocycles. The molecule has 0 radical (unpaired) electrons. The lowest BCUT2D eigenvalue weighted by atomic mass is 10.2. The van der Waals surface area contributed by atoms with E-state index >= 15 is 0 Å². The van der Waals surface area contributed by atoms with E-state index in [1.165, 1.54) is 0 Å². The summed E-state index contributed by atoms with van der Waals surface area (Å²) in [5, 5.41) is 5.82. The Bertz CT molecular complexity index is 363. The highest BCUT2D eigenvalue weighted by atomic mass is 16.1. The third kappa shape index (κ3) is 3.81. The van der Waals surface area contributed by atoms with E-state index in [0.29, 0.717) is 12.2 Å². The summed E-state index contributed by atoms with van der Waals surface area (Å²) < 4.78 is 0. The van der Waals surface area contributed by atoms with Crippen molar-refractivity contribution in [3.8, 4) is 0 Å². The van der Waals surface area contributed by atoms with Gasteiger partial charge in [-0.2, -0.15) is 0 Å². The second-order valence-corrected chi connectivity index (χ2v) is 3.79. The van der Waals surface area contributed by atoms with Crippen LogP contribution in [0.2, 0.25) is 0 Å². The summed E-state index contributed by atoms with van der Waals surface area (Å²) in [6.45, 7) is 4.98. The van der Waals surface area contributed by atoms with Gasteiger partial charge in [-0.15, -0.1) is 0 Å². The number of hydrogen-bond acceptors (Lipinski definition) is 3. The van der Waals surface area contributed by atoms with Crippen LogP contribution in [-0.2, 0) is 4.79 Å². The Hall–Kier alpha value is -1.71. The van der Waals surface area contributed by atoms with E-state index in [9.17, 15) is 4.79 Å². The standard InChI is InChI=1S/C12H19N3O/c1-3-6-14-12(16)8-15-11-7-9(2)4-5-10(11)13/h4-5,7,15H,3,6,8,13H2,1-2H3,(H,14,16). The Morgan fingerprint density at radius 1 is 1.44 bits per heavy atom. The van der Waals surface area contributed by atoms with Crippen molar-refractivity contribution in [2.45, 2.75) is 20.3 Å². The fourth-order valence-corrected chi connectivity index (χ4v) is 1.33. The lowest BCUT2D eigenvalue weighted by Crippen LogP contribution is -2.30. The summed E-state index contributed by atoms with van der Waals surface area (Å²) in [7, 11) is 0. The number of nitrogens with two attached hydrogens (primary N) is 1. The van der Waals surface area contributed by atoms with Crippen molar-refractivity contribution in [2.24, 2.45) is 0 Å². The SMILES string of the molecule is CCCNC(=O)CNc1cc(C)ccc1N. The average Bonchev–Trinajstić information content (AvgIpc) is 2.27. The number of hydrogen-bond donors (Lipinski definition) is 3. The highest BCUT2D eigenvalue weighted by Gasteiger charge is 2.02. The molecule has 16 heavy (non-hydrogen) atoms. The molecular weight excluding hydrogens is 202 g/mol. The van der Waals surface area contributed by atoms with E-state index in [1.807, 2.05) is 32.0 Å². The molecule has 4 N–H and O–H groups in total. The van der Waals surface area contributed by atoms with E-state index in [1.54, 1.807) is 0 Å². The van der Waals surface area contributed by atoms with Crippen molar-refractivity contribution in [3.63, 3.8) is 0 Å². The zero-order valence-electron chi connectivity index (χ0n) is 9.84. The third-order valence-corrected chi connectivity index (χ3v) is 2.22. The predicted octanol–water partition coefficient (Wildman–Crippen LogP) is 1.52. The molecule has 88 valence electrons. The minimum absolute atomic E-state index is 0.0113. The van der Waals surface area contributed by atoms with Gasteiger partial charge in [0, 0.05) is 6.54 Å². The monoisotopic (exact) mass is 221 g/mol. The maximum atomic E-state index is 11.4. The molecule has 0 saturated carbocycles. The summed E-state index contributed by atoms with van der Waals surface area (Å²) in [5.41, 5.74) is 8.37. The van der Waals surface area contributed by atoms with Crippen molar-refractivity contribution in [3.05, 3.63) is 23.8 Å². The number of nitrogens with one attached hydrogen (secondary N) is 2. The number of anilines is 2. The van der Waals surface area contributed by atoms with E-state index in [2.05, 4.69) is 10.6 Å². The lowest BCUT2D eigenvalue weighted by molar-refractivity contribution is -0.119. The smallest absolute Gasteiger partial charge is 0.239 e. The molecule has 1 amide bonds. The first-order valence-corrected chi connectivity index (χ1v) is 5.50. The molecule has 0 bridgehead atoms. The maximum absolute atomic E-state index is 11.4. The van der Waals surface area contributed by atoms with Gasteiger partial charge in [0.15, 0.2) is 0 Å². The summed E-state index contributed by atoms with van der Waals surface area (Å²) in [4.78, 5) is 11.4. The van der Waals surface area contributed by atoms with Crippen LogP contribution in [0.1, 0.15) is 18.9 Å². The molecular formula is C12H19N3O. The minimum Gasteiger partial charge on any atom is -0.397 e. The number of benzene rings is 1. The largest absolute Gasteiger partial charge is 0.397 e. The minimum atomic E-state index is -0.0113. The van der Waals surface area contributed by atoms with Gasteiger partial charge in [0.2, 0.25) is 5.91 Å². The Kier molecular flexibility index (Phi) is 4.64. The third-order valence-electron chi connectivity index (χ3n) is 2.22. The number of amides is 1. The first kappa shape index (κ1) is 12.4. The molecule has 0 aliphatic rings. The zero-order chi connectivity index (χ0) is 12.0. The molecule has 0 fully saturated rings. The van der Waals surface area contributed by atoms with Crippen LogP contribution in [0, 0.1) is 6.92 Å². The molecule has 0 aliphatic carbocycles. The van der Waals surface area contributed by atoms with Crippen molar-refractivity contribution in [2.75, 3.05) is 24.1 Å². The van der Waals surface area contributed by atoms with Gasteiger partial charge in [-0.1, -0.05) is 13.0 Å². The Balaban J connectivity index is 2.47. The lowest BCUT2D eigenvalue weighted by Gasteiger charge is -2.10. The van der Waals surface area contributed by atoms with Gasteiger partial charge in [0.05, 0.1) is 17.9 Å². The van der Waals surface area contributed by atoms with Gasteiger partial charge in [-0.05, 0) is 31.0 Å². The topological polar surface area (TPSA) is 67.2 Å². The summed E-state index contributed by atoms with van der Waals surface area (Å²) in [5.74, 6) is -0.0113. The number of rotatable bonds is 5. The molecule has 0 aliphatic heterocycles. The van der Waals surface area contributed by atoms with Crippen LogP contribution in [0.25, 0.3) is 0 Å². The van der Waals surface area contributed by atoms with Gasteiger partial charge in [0.25, 0.3) is 0 Å². The highest BCUT2D eigenvalue weighted by molar-refractivity contribution is 5.82. The Labute approximate surface area is 96.2 Å². The van der Waals surface area contributed by atoms with Crippen molar-refractivity contribution in [1.82, 2.24) is 5.32 Å². The first-order chi connectivity index (χ1) is 7.63. The molecule has 0 unspecified atom stereocenters. The Morgan fingerprint density at radius 2 is 2.19 bits per heavy atom. The van der Waals surface area contributed by atoms with Crippen LogP contribution in [0.5, 0.6) is 0 Å². The van der Waals surface area contributed by atoms with Crippen molar-refractivity contribution >= 4 is 17.3 Å². The molecule has 1 rings (SSSR count). The summed E-state index contributed by atoms with van der Waals surface area (Å²) >= 11 is 0. The van der Waals surface area contributed by atoms with Crippen LogP contribution < -0.4 is 16.4 Å². The van der Waals surface area contributed by atoms with Gasteiger partial charge < -0.3 is 16.4 Å². The molecule has 0 heterocycles. The fourth-order valence-electron chi connectivity index (χ4n) is 1.33. The molecule has 1 aromatic rings. The van der Waals surface area contributed by atoms with Crippen LogP contribution in [0.15, 0.2) is 18.2 Å². The predicted molar refractivity (Wildman–Crippen MR) is 67.4 cm³/mol. The number of carbonyl (C=O) groups is 1. The molecule has 1 aromatic carbocycles. The van der Waals surface area contributed by atoms with E-state index < -0.39 is 0 Å². The average molecular weight is 221 g/mol. The summed E-state index contributed by atoms with van der Waals surface area (Å²) in [6, 6.07) is 5.71. The number of aryl methyl sites for hydroxylation is 1. The van der Waals surface area contributed by atoms with Crippen molar-refractivity contribution in [1.29, 1.82) is 0 Å². The van der Waals surface area contributed by atoms with Crippen molar-refractivity contribution < 1.29 is 4.79 Å². The Morgan fingerprint density at radius 3 is 2.88 bits per heavy atom. The van der Waals surface area contributed by atoms with E-state index in [4.69, 9.17) is 5.73 Å². The normalized spacial score (nSPS) is 9.88. The van der Waals surface area contributed by atoms with Gasteiger partial charge >= 0.3 is 0 Å². The highest BCUT2D eigenvalue weighted by Crippen LogP contribution is 2.18. The van der Waals surface area contributed by atoms with Crippen LogP contribution in [0.4, 0.5) is 11.4 Å². The maximum Gasteiger partial charge on any atom is 0.239 e. The molecule has 0 aromatic heterocycles. The molecule has 0 spiro atoms. The number of nitrogen functional groups attached to an aromatic ring is 1. The van der Waals surface area contributed by atoms with Crippen LogP contribution in [0.3, 0.4) is 0 Å². The van der Waals surface area contributed by atoms with E-state index in [0.717, 1.165) is 17.7 Å². The first-order valence-electron chi connectivity index (χ1n) is 5.50.